The SMILES string of the molecule is C.Nc1cnc(Cl)nc1.O=[N+]([O-])c1cnc(Cl)nc1. The molecule has 0 amide bonds. The van der Waals surface area contributed by atoms with Gasteiger partial charge in [-0.3, -0.25) is 10.1 Å². The second kappa shape index (κ2) is 8.11. The molecule has 0 spiro atoms. The molecule has 0 unspecified atom stereocenters. The summed E-state index contributed by atoms with van der Waals surface area (Å²) in [5.74, 6) is 0. The van der Waals surface area contributed by atoms with E-state index in [0.717, 1.165) is 12.4 Å². The van der Waals surface area contributed by atoms with Crippen molar-refractivity contribution in [2.45, 2.75) is 7.43 Å². The van der Waals surface area contributed by atoms with E-state index < -0.39 is 4.92 Å². The van der Waals surface area contributed by atoms with Gasteiger partial charge in [-0.15, -0.1) is 0 Å². The van der Waals surface area contributed by atoms with Gasteiger partial charge in [0.15, 0.2) is 0 Å². The van der Waals surface area contributed by atoms with Crippen LogP contribution in [0.1, 0.15) is 7.43 Å². The molecule has 0 aliphatic carbocycles. The van der Waals surface area contributed by atoms with Crippen LogP contribution in [0.15, 0.2) is 24.8 Å². The number of hydrogen-bond acceptors (Lipinski definition) is 7. The molecule has 0 aliphatic heterocycles. The maximum absolute atomic E-state index is 9.99. The van der Waals surface area contributed by atoms with Crippen LogP contribution in [0, 0.1) is 10.1 Å². The van der Waals surface area contributed by atoms with Crippen molar-refractivity contribution in [2.24, 2.45) is 0 Å². The minimum absolute atomic E-state index is 0. The Morgan fingerprint density at radius 1 is 1.00 bits per heavy atom. The van der Waals surface area contributed by atoms with Crippen LogP contribution >= 0.6 is 23.2 Å². The van der Waals surface area contributed by atoms with E-state index in [0.29, 0.717) is 5.69 Å². The first-order chi connectivity index (χ1) is 8.49. The van der Waals surface area contributed by atoms with Gasteiger partial charge in [-0.2, -0.15) is 0 Å². The summed E-state index contributed by atoms with van der Waals surface area (Å²) in [5, 5.41) is 10.2. The molecule has 2 N–H and O–H groups in total. The van der Waals surface area contributed by atoms with Crippen LogP contribution in [0.5, 0.6) is 0 Å². The predicted molar refractivity (Wildman–Crippen MR) is 71.9 cm³/mol. The van der Waals surface area contributed by atoms with Crippen molar-refractivity contribution < 1.29 is 4.92 Å². The van der Waals surface area contributed by atoms with Crippen LogP contribution in [-0.2, 0) is 0 Å². The Hall–Kier alpha value is -2.06. The number of nitrogens with two attached hydrogens (primary N) is 1. The second-order valence-electron chi connectivity index (χ2n) is 2.75. The van der Waals surface area contributed by atoms with Gasteiger partial charge in [0.05, 0.1) is 23.0 Å². The number of anilines is 1. The van der Waals surface area contributed by atoms with Gasteiger partial charge in [-0.25, -0.2) is 19.9 Å². The fourth-order valence-corrected chi connectivity index (χ4v) is 0.917. The highest BCUT2D eigenvalue weighted by molar-refractivity contribution is 6.28. The zero-order valence-electron chi connectivity index (χ0n) is 8.70. The van der Waals surface area contributed by atoms with Gasteiger partial charge in [0, 0.05) is 0 Å². The zero-order chi connectivity index (χ0) is 13.5. The Balaban J connectivity index is 0.000000331. The van der Waals surface area contributed by atoms with Crippen LogP contribution in [-0.4, -0.2) is 24.9 Å². The van der Waals surface area contributed by atoms with Gasteiger partial charge in [-0.05, 0) is 23.2 Å². The van der Waals surface area contributed by atoms with Crippen molar-refractivity contribution in [2.75, 3.05) is 5.73 Å². The summed E-state index contributed by atoms with van der Waals surface area (Å²) in [6, 6.07) is 0. The van der Waals surface area contributed by atoms with E-state index >= 15 is 0 Å². The number of rotatable bonds is 1. The molecule has 0 atom stereocenters. The van der Waals surface area contributed by atoms with Crippen LogP contribution in [0.3, 0.4) is 0 Å². The summed E-state index contributed by atoms with van der Waals surface area (Å²) < 4.78 is 0. The molecule has 19 heavy (non-hydrogen) atoms. The second-order valence-corrected chi connectivity index (χ2v) is 3.43. The zero-order valence-corrected chi connectivity index (χ0v) is 10.2. The fraction of sp³-hybridized carbons (Fsp3) is 0.111. The Morgan fingerprint density at radius 2 is 1.37 bits per heavy atom. The molecular weight excluding hydrogens is 295 g/mol. The summed E-state index contributed by atoms with van der Waals surface area (Å²) in [6.07, 6.45) is 5.01. The molecule has 0 aliphatic rings. The molecule has 2 aromatic heterocycles. The van der Waals surface area contributed by atoms with Crippen molar-refractivity contribution >= 4 is 34.6 Å². The number of nitrogen functional groups attached to an aromatic ring is 1. The quantitative estimate of drug-likeness (QED) is 0.487. The smallest absolute Gasteiger partial charge is 0.305 e. The van der Waals surface area contributed by atoms with Crippen molar-refractivity contribution in [3.05, 3.63) is 45.5 Å². The Morgan fingerprint density at radius 3 is 1.68 bits per heavy atom. The third kappa shape index (κ3) is 6.43. The third-order valence-corrected chi connectivity index (χ3v) is 1.85. The van der Waals surface area contributed by atoms with E-state index in [1.54, 1.807) is 0 Å². The lowest BCUT2D eigenvalue weighted by Crippen LogP contribution is -1.90. The highest BCUT2D eigenvalue weighted by Gasteiger charge is 2.04. The fourth-order valence-electron chi connectivity index (χ4n) is 0.722. The number of nitrogens with zero attached hydrogens (tertiary/aromatic N) is 5. The van der Waals surface area contributed by atoms with Crippen LogP contribution in [0.4, 0.5) is 11.4 Å². The van der Waals surface area contributed by atoms with Gasteiger partial charge in [0.2, 0.25) is 10.6 Å². The molecule has 0 radical (unpaired) electrons. The molecule has 0 saturated carbocycles. The van der Waals surface area contributed by atoms with Crippen molar-refractivity contribution in [1.29, 1.82) is 0 Å². The molecule has 2 aromatic rings. The summed E-state index contributed by atoms with van der Waals surface area (Å²) in [6.45, 7) is 0. The largest absolute Gasteiger partial charge is 0.396 e. The monoisotopic (exact) mass is 304 g/mol. The van der Waals surface area contributed by atoms with E-state index in [1.807, 2.05) is 0 Å². The first-order valence-electron chi connectivity index (χ1n) is 4.34. The lowest BCUT2D eigenvalue weighted by molar-refractivity contribution is -0.385. The lowest BCUT2D eigenvalue weighted by Gasteiger charge is -1.87. The van der Waals surface area contributed by atoms with E-state index in [-0.39, 0.29) is 23.7 Å². The predicted octanol–water partition coefficient (Wildman–Crippen LogP) is 2.39. The van der Waals surface area contributed by atoms with Crippen molar-refractivity contribution in [3.63, 3.8) is 0 Å². The van der Waals surface area contributed by atoms with Gasteiger partial charge in [0.1, 0.15) is 12.4 Å². The normalized spacial score (nSPS) is 8.74. The summed E-state index contributed by atoms with van der Waals surface area (Å²) in [7, 11) is 0. The Bertz CT molecular complexity index is 498. The van der Waals surface area contributed by atoms with Crippen LogP contribution in [0.25, 0.3) is 0 Å². The molecule has 0 fully saturated rings. The summed E-state index contributed by atoms with van der Waals surface area (Å²) >= 11 is 10.6. The molecule has 0 bridgehead atoms. The Kier molecular flexibility index (Phi) is 7.23. The van der Waals surface area contributed by atoms with E-state index in [9.17, 15) is 10.1 Å². The highest BCUT2D eigenvalue weighted by Crippen LogP contribution is 2.07. The number of halogens is 2. The van der Waals surface area contributed by atoms with E-state index in [1.165, 1.54) is 12.4 Å². The molecule has 2 heterocycles. The highest BCUT2D eigenvalue weighted by atomic mass is 35.5. The summed E-state index contributed by atoms with van der Waals surface area (Å²) in [4.78, 5) is 23.4. The lowest BCUT2D eigenvalue weighted by atomic mass is 10.6. The average Bonchev–Trinajstić information content (AvgIpc) is 2.34. The van der Waals surface area contributed by atoms with Crippen LogP contribution < -0.4 is 5.73 Å². The Labute approximate surface area is 118 Å². The maximum atomic E-state index is 9.99. The minimum Gasteiger partial charge on any atom is -0.396 e. The van der Waals surface area contributed by atoms with Gasteiger partial charge < -0.3 is 5.73 Å². The summed E-state index contributed by atoms with van der Waals surface area (Å²) in [5.41, 5.74) is 5.60. The molecule has 0 aromatic carbocycles. The van der Waals surface area contributed by atoms with Gasteiger partial charge >= 0.3 is 5.69 Å². The molecule has 10 heteroatoms. The first kappa shape index (κ1) is 16.9. The molecule has 102 valence electrons. The topological polar surface area (TPSA) is 121 Å². The standard InChI is InChI=1S/C4H2ClN3O2.C4H4ClN3.CH4/c5-4-6-1-3(2-7-4)8(9)10;5-4-7-1-3(6)2-8-4;/h1-2H;1-2H,6H2;1H4. The first-order valence-corrected chi connectivity index (χ1v) is 5.09. The van der Waals surface area contributed by atoms with E-state index in [2.05, 4.69) is 19.9 Å². The minimum atomic E-state index is -0.587. The van der Waals surface area contributed by atoms with Gasteiger partial charge in [-0.1, -0.05) is 7.43 Å². The molecular formula is C9H10Cl2N6O2. The molecule has 0 saturated heterocycles. The molecule has 2 rings (SSSR count). The van der Waals surface area contributed by atoms with Crippen molar-refractivity contribution in [3.8, 4) is 0 Å². The number of nitro groups is 1. The third-order valence-electron chi connectivity index (χ3n) is 1.46. The van der Waals surface area contributed by atoms with E-state index in [4.69, 9.17) is 28.9 Å². The molecule has 8 nitrogen and oxygen atoms in total. The van der Waals surface area contributed by atoms with Crippen LogP contribution in [0.2, 0.25) is 10.6 Å². The number of aromatic nitrogens is 4. The average molecular weight is 305 g/mol. The van der Waals surface area contributed by atoms with Crippen molar-refractivity contribution in [1.82, 2.24) is 19.9 Å². The van der Waals surface area contributed by atoms with Gasteiger partial charge in [0.25, 0.3) is 0 Å². The maximum Gasteiger partial charge on any atom is 0.305 e. The number of hydrogen-bond donors (Lipinski definition) is 1.